The minimum Gasteiger partial charge on any atom is -0.352 e. The summed E-state index contributed by atoms with van der Waals surface area (Å²) in [5.74, 6) is -5.37. The second-order valence-electron chi connectivity index (χ2n) is 9.63. The molecule has 1 saturated carbocycles. The number of amides is 3. The van der Waals surface area contributed by atoms with Gasteiger partial charge in [0, 0.05) is 22.5 Å². The molecule has 230 valence electrons. The summed E-state index contributed by atoms with van der Waals surface area (Å²) in [6.45, 7) is -0.657. The zero-order chi connectivity index (χ0) is 31.3. The second kappa shape index (κ2) is 13.4. The van der Waals surface area contributed by atoms with Crippen molar-refractivity contribution in [1.82, 2.24) is 16.0 Å². The third kappa shape index (κ3) is 9.11. The van der Waals surface area contributed by atoms with Gasteiger partial charge >= 0.3 is 18.3 Å². The first-order chi connectivity index (χ1) is 19.5. The molecule has 0 saturated heterocycles. The Morgan fingerprint density at radius 2 is 1.62 bits per heavy atom. The highest BCUT2D eigenvalue weighted by molar-refractivity contribution is 7.98. The number of benzene rings is 2. The second-order valence-corrected chi connectivity index (χ2v) is 12.5. The van der Waals surface area contributed by atoms with Crippen LogP contribution in [0.4, 0.5) is 26.3 Å². The molecule has 0 unspecified atom stereocenters. The van der Waals surface area contributed by atoms with Gasteiger partial charge in [0.1, 0.15) is 0 Å². The number of hydrogen-bond acceptors (Lipinski definition) is 6. The molecular formula is C26H27F6N3O5S2. The number of rotatable bonds is 9. The first-order valence-electron chi connectivity index (χ1n) is 12.5. The van der Waals surface area contributed by atoms with E-state index in [1.165, 1.54) is 23.9 Å². The van der Waals surface area contributed by atoms with Gasteiger partial charge in [-0.05, 0) is 73.9 Å². The SMILES string of the molecule is CSc1ccc(S(=O)(=O)C[C@H]2C[C@@H](NC(=O)C(F)(F)F)CC[C@@H]2NC(=O)CNC(=O)c2cccc(C(F)(F)F)c2)cc1. The smallest absolute Gasteiger partial charge is 0.352 e. The highest BCUT2D eigenvalue weighted by Gasteiger charge is 2.42. The molecular weight excluding hydrogens is 612 g/mol. The van der Waals surface area contributed by atoms with Crippen LogP contribution in [0.25, 0.3) is 0 Å². The lowest BCUT2D eigenvalue weighted by atomic mass is 9.82. The van der Waals surface area contributed by atoms with Crippen molar-refractivity contribution in [3.05, 3.63) is 59.7 Å². The Morgan fingerprint density at radius 1 is 0.952 bits per heavy atom. The fraction of sp³-hybridized carbons (Fsp3) is 0.423. The lowest BCUT2D eigenvalue weighted by Crippen LogP contribution is -2.53. The van der Waals surface area contributed by atoms with Gasteiger partial charge in [0.15, 0.2) is 9.84 Å². The van der Waals surface area contributed by atoms with Gasteiger partial charge in [0.25, 0.3) is 5.91 Å². The van der Waals surface area contributed by atoms with Crippen molar-refractivity contribution in [2.45, 2.75) is 53.5 Å². The maximum atomic E-state index is 13.2. The van der Waals surface area contributed by atoms with Crippen molar-refractivity contribution in [3.8, 4) is 0 Å². The highest BCUT2D eigenvalue weighted by Crippen LogP contribution is 2.31. The number of carbonyl (C=O) groups excluding carboxylic acids is 3. The predicted octanol–water partition coefficient (Wildman–Crippen LogP) is 3.96. The molecule has 0 heterocycles. The zero-order valence-corrected chi connectivity index (χ0v) is 23.6. The third-order valence-electron chi connectivity index (χ3n) is 6.64. The Kier molecular flexibility index (Phi) is 10.6. The molecule has 3 amide bonds. The van der Waals surface area contributed by atoms with E-state index < -0.39 is 75.8 Å². The molecule has 42 heavy (non-hydrogen) atoms. The van der Waals surface area contributed by atoms with E-state index in [0.29, 0.717) is 6.07 Å². The molecule has 8 nitrogen and oxygen atoms in total. The normalized spacial score (nSPS) is 19.5. The van der Waals surface area contributed by atoms with Gasteiger partial charge in [0.05, 0.1) is 22.8 Å². The monoisotopic (exact) mass is 639 g/mol. The summed E-state index contributed by atoms with van der Waals surface area (Å²) in [7, 11) is -3.97. The number of carbonyl (C=O) groups is 3. The van der Waals surface area contributed by atoms with Crippen LogP contribution in [-0.2, 0) is 25.6 Å². The first kappa shape index (κ1) is 33.2. The van der Waals surface area contributed by atoms with Crippen molar-refractivity contribution < 1.29 is 49.1 Å². The predicted molar refractivity (Wildman–Crippen MR) is 141 cm³/mol. The summed E-state index contributed by atoms with van der Waals surface area (Å²) in [5.41, 5.74) is -1.39. The molecule has 0 aromatic heterocycles. The Balaban J connectivity index is 1.71. The maximum absolute atomic E-state index is 13.2. The molecule has 3 rings (SSSR count). The molecule has 0 radical (unpaired) electrons. The summed E-state index contributed by atoms with van der Waals surface area (Å²) in [6.07, 6.45) is -8.19. The van der Waals surface area contributed by atoms with Crippen LogP contribution in [0.1, 0.15) is 35.2 Å². The summed E-state index contributed by atoms with van der Waals surface area (Å²) in [6, 6.07) is 7.69. The van der Waals surface area contributed by atoms with Gasteiger partial charge in [-0.25, -0.2) is 8.42 Å². The standard InChI is InChI=1S/C26H27F6N3O5S2/c1-41-19-6-8-20(9-7-19)42(39,40)14-16-12-18(34-24(38)26(30,31)32)5-10-21(16)35-22(36)13-33-23(37)15-3-2-4-17(11-15)25(27,28)29/h2-4,6-9,11,16,18,21H,5,10,12-14H2,1H3,(H,33,37)(H,34,38)(H,35,36)/t16-,18+,21+/m1/s1. The van der Waals surface area contributed by atoms with Crippen molar-refractivity contribution in [3.63, 3.8) is 0 Å². The molecule has 3 atom stereocenters. The van der Waals surface area contributed by atoms with E-state index in [2.05, 4.69) is 10.6 Å². The quantitative estimate of drug-likeness (QED) is 0.282. The van der Waals surface area contributed by atoms with E-state index in [-0.39, 0.29) is 29.7 Å². The molecule has 0 bridgehead atoms. The minimum atomic E-state index is -5.14. The van der Waals surface area contributed by atoms with Gasteiger partial charge in [0.2, 0.25) is 5.91 Å². The van der Waals surface area contributed by atoms with E-state index in [1.54, 1.807) is 18.4 Å². The van der Waals surface area contributed by atoms with E-state index in [1.807, 2.05) is 5.32 Å². The minimum absolute atomic E-state index is 0.00231. The van der Waals surface area contributed by atoms with Gasteiger partial charge in [-0.1, -0.05) is 6.07 Å². The summed E-state index contributed by atoms with van der Waals surface area (Å²) in [4.78, 5) is 37.2. The molecule has 1 aliphatic rings. The molecule has 0 spiro atoms. The summed E-state index contributed by atoms with van der Waals surface area (Å²) < 4.78 is 104. The molecule has 1 aliphatic carbocycles. The number of nitrogens with one attached hydrogen (secondary N) is 3. The lowest BCUT2D eigenvalue weighted by Gasteiger charge is -2.37. The number of sulfone groups is 1. The van der Waals surface area contributed by atoms with Crippen molar-refractivity contribution in [2.24, 2.45) is 5.92 Å². The van der Waals surface area contributed by atoms with Crippen LogP contribution in [0.5, 0.6) is 0 Å². The van der Waals surface area contributed by atoms with Crippen molar-refractivity contribution >= 4 is 39.3 Å². The number of thioether (sulfide) groups is 1. The van der Waals surface area contributed by atoms with Crippen LogP contribution in [0.15, 0.2) is 58.3 Å². The number of alkyl halides is 6. The van der Waals surface area contributed by atoms with Gasteiger partial charge in [-0.3, -0.25) is 14.4 Å². The average Bonchev–Trinajstić information content (AvgIpc) is 2.92. The Morgan fingerprint density at radius 3 is 2.21 bits per heavy atom. The molecule has 1 fully saturated rings. The number of halogens is 6. The zero-order valence-electron chi connectivity index (χ0n) is 22.0. The van der Waals surface area contributed by atoms with E-state index in [4.69, 9.17) is 0 Å². The Hall–Kier alpha value is -3.27. The van der Waals surface area contributed by atoms with E-state index >= 15 is 0 Å². The molecule has 0 aliphatic heterocycles. The maximum Gasteiger partial charge on any atom is 0.471 e. The lowest BCUT2D eigenvalue weighted by molar-refractivity contribution is -0.174. The first-order valence-corrected chi connectivity index (χ1v) is 15.4. The largest absolute Gasteiger partial charge is 0.471 e. The molecule has 3 N–H and O–H groups in total. The summed E-state index contributed by atoms with van der Waals surface area (Å²) in [5, 5.41) is 6.63. The number of hydrogen-bond donors (Lipinski definition) is 3. The summed E-state index contributed by atoms with van der Waals surface area (Å²) >= 11 is 1.39. The van der Waals surface area contributed by atoms with Gasteiger partial charge in [-0.15, -0.1) is 11.8 Å². The van der Waals surface area contributed by atoms with Crippen LogP contribution in [0.3, 0.4) is 0 Å². The van der Waals surface area contributed by atoms with Gasteiger partial charge in [-0.2, -0.15) is 26.3 Å². The average molecular weight is 640 g/mol. The van der Waals surface area contributed by atoms with Crippen LogP contribution in [-0.4, -0.2) is 63.0 Å². The fourth-order valence-corrected chi connectivity index (χ4v) is 6.64. The Bertz CT molecular complexity index is 1400. The van der Waals surface area contributed by atoms with Crippen LogP contribution in [0, 0.1) is 5.92 Å². The molecule has 2 aromatic rings. The van der Waals surface area contributed by atoms with Crippen LogP contribution in [0.2, 0.25) is 0 Å². The highest BCUT2D eigenvalue weighted by atomic mass is 32.2. The van der Waals surface area contributed by atoms with E-state index in [0.717, 1.165) is 23.1 Å². The van der Waals surface area contributed by atoms with Crippen LogP contribution < -0.4 is 16.0 Å². The Labute approximate surface area is 241 Å². The van der Waals surface area contributed by atoms with E-state index in [9.17, 15) is 49.1 Å². The van der Waals surface area contributed by atoms with Crippen molar-refractivity contribution in [1.29, 1.82) is 0 Å². The van der Waals surface area contributed by atoms with Gasteiger partial charge < -0.3 is 16.0 Å². The topological polar surface area (TPSA) is 121 Å². The van der Waals surface area contributed by atoms with Crippen molar-refractivity contribution in [2.75, 3.05) is 18.6 Å². The fourth-order valence-electron chi connectivity index (χ4n) is 4.55. The van der Waals surface area contributed by atoms with Crippen LogP contribution >= 0.6 is 11.8 Å². The molecule has 16 heteroatoms. The third-order valence-corrected chi connectivity index (χ3v) is 9.24. The molecule has 2 aromatic carbocycles.